The van der Waals surface area contributed by atoms with Crippen molar-refractivity contribution in [3.05, 3.63) is 58.1 Å². The molecule has 0 aliphatic rings. The van der Waals surface area contributed by atoms with Crippen molar-refractivity contribution in [2.75, 3.05) is 13.2 Å². The number of nitrogens with one attached hydrogen (secondary N) is 1. The minimum Gasteiger partial charge on any atom is -0.492 e. The van der Waals surface area contributed by atoms with E-state index in [2.05, 4.69) is 4.72 Å². The van der Waals surface area contributed by atoms with E-state index in [4.69, 9.17) is 27.9 Å². The highest BCUT2D eigenvalue weighted by molar-refractivity contribution is 7.89. The molecule has 0 aliphatic heterocycles. The normalized spacial score (nSPS) is 11.4. The first-order chi connectivity index (χ1) is 10.4. The Morgan fingerprint density at radius 1 is 1.09 bits per heavy atom. The first-order valence-corrected chi connectivity index (χ1v) is 8.76. The van der Waals surface area contributed by atoms with Crippen molar-refractivity contribution in [2.24, 2.45) is 0 Å². The molecule has 0 radical (unpaired) electrons. The molecule has 0 saturated carbocycles. The van der Waals surface area contributed by atoms with Crippen LogP contribution in [0.1, 0.15) is 5.56 Å². The summed E-state index contributed by atoms with van der Waals surface area (Å²) in [6.07, 6.45) is 0. The van der Waals surface area contributed by atoms with Gasteiger partial charge in [0.15, 0.2) is 0 Å². The second-order valence-electron chi connectivity index (χ2n) is 4.63. The molecule has 7 heteroatoms. The van der Waals surface area contributed by atoms with Crippen molar-refractivity contribution in [1.29, 1.82) is 0 Å². The number of hydrogen-bond acceptors (Lipinski definition) is 3. The van der Waals surface area contributed by atoms with Crippen molar-refractivity contribution >= 4 is 33.2 Å². The van der Waals surface area contributed by atoms with Crippen LogP contribution in [0.15, 0.2) is 47.4 Å². The molecule has 118 valence electrons. The summed E-state index contributed by atoms with van der Waals surface area (Å²) < 4.78 is 32.2. The minimum atomic E-state index is -3.72. The van der Waals surface area contributed by atoms with E-state index in [1.807, 2.05) is 31.2 Å². The highest BCUT2D eigenvalue weighted by atomic mass is 35.5. The first kappa shape index (κ1) is 17.1. The Bertz CT molecular complexity index is 746. The average Bonchev–Trinajstić information content (AvgIpc) is 2.48. The zero-order chi connectivity index (χ0) is 16.2. The van der Waals surface area contributed by atoms with Crippen LogP contribution in [-0.2, 0) is 10.0 Å². The third-order valence-corrected chi connectivity index (χ3v) is 5.04. The third kappa shape index (κ3) is 4.61. The molecule has 0 saturated heterocycles. The summed E-state index contributed by atoms with van der Waals surface area (Å²) in [4.78, 5) is -0.0444. The fourth-order valence-electron chi connectivity index (χ4n) is 1.74. The molecule has 0 bridgehead atoms. The lowest BCUT2D eigenvalue weighted by atomic mass is 10.2. The van der Waals surface area contributed by atoms with E-state index in [9.17, 15) is 8.42 Å². The molecule has 0 spiro atoms. The lowest BCUT2D eigenvalue weighted by molar-refractivity contribution is 0.323. The second-order valence-corrected chi connectivity index (χ2v) is 7.21. The molecule has 0 fully saturated rings. The fraction of sp³-hybridized carbons (Fsp3) is 0.200. The molecule has 0 aliphatic carbocycles. The van der Waals surface area contributed by atoms with E-state index >= 15 is 0 Å². The van der Waals surface area contributed by atoms with E-state index in [-0.39, 0.29) is 23.1 Å². The van der Waals surface area contributed by atoms with E-state index in [0.29, 0.717) is 10.8 Å². The van der Waals surface area contributed by atoms with Crippen LogP contribution in [0.25, 0.3) is 0 Å². The fourth-order valence-corrected chi connectivity index (χ4v) is 3.51. The van der Waals surface area contributed by atoms with E-state index in [0.717, 1.165) is 5.56 Å². The molecular formula is C15H15Cl2NO3S. The van der Waals surface area contributed by atoms with Gasteiger partial charge in [0.1, 0.15) is 17.3 Å². The number of ether oxygens (including phenoxy) is 1. The van der Waals surface area contributed by atoms with Gasteiger partial charge in [-0.1, -0.05) is 40.9 Å². The molecule has 2 aromatic carbocycles. The van der Waals surface area contributed by atoms with Gasteiger partial charge in [-0.2, -0.15) is 0 Å². The van der Waals surface area contributed by atoms with Gasteiger partial charge in [0.2, 0.25) is 10.0 Å². The van der Waals surface area contributed by atoms with Crippen LogP contribution in [0.5, 0.6) is 5.75 Å². The average molecular weight is 360 g/mol. The number of rotatable bonds is 6. The number of aryl methyl sites for hydroxylation is 1. The van der Waals surface area contributed by atoms with E-state index < -0.39 is 10.0 Å². The molecule has 4 nitrogen and oxygen atoms in total. The molecule has 1 N–H and O–H groups in total. The molecule has 2 aromatic rings. The molecule has 2 rings (SSSR count). The van der Waals surface area contributed by atoms with Gasteiger partial charge in [0, 0.05) is 11.6 Å². The molecule has 0 heterocycles. The summed E-state index contributed by atoms with van der Waals surface area (Å²) >= 11 is 11.7. The van der Waals surface area contributed by atoms with Crippen LogP contribution >= 0.6 is 23.2 Å². The maximum atomic E-state index is 12.2. The van der Waals surface area contributed by atoms with E-state index in [1.165, 1.54) is 18.2 Å². The van der Waals surface area contributed by atoms with Crippen molar-refractivity contribution < 1.29 is 13.2 Å². The SMILES string of the molecule is Cc1ccc(OCCNS(=O)(=O)c2cc(Cl)ccc2Cl)cc1. The highest BCUT2D eigenvalue weighted by Crippen LogP contribution is 2.24. The molecule has 0 atom stereocenters. The Morgan fingerprint density at radius 2 is 1.77 bits per heavy atom. The number of halogens is 2. The lowest BCUT2D eigenvalue weighted by Crippen LogP contribution is -2.28. The van der Waals surface area contributed by atoms with E-state index in [1.54, 1.807) is 0 Å². The maximum absolute atomic E-state index is 12.2. The van der Waals surface area contributed by atoms with Crippen LogP contribution in [0, 0.1) is 6.92 Å². The monoisotopic (exact) mass is 359 g/mol. The maximum Gasteiger partial charge on any atom is 0.242 e. The summed E-state index contributed by atoms with van der Waals surface area (Å²) in [5.41, 5.74) is 1.13. The van der Waals surface area contributed by atoms with Gasteiger partial charge in [-0.3, -0.25) is 0 Å². The van der Waals surface area contributed by atoms with Gasteiger partial charge >= 0.3 is 0 Å². The number of sulfonamides is 1. The van der Waals surface area contributed by atoms with Crippen molar-refractivity contribution in [3.8, 4) is 5.75 Å². The summed E-state index contributed by atoms with van der Waals surface area (Å²) in [6, 6.07) is 11.8. The Kier molecular flexibility index (Phi) is 5.69. The molecule has 0 amide bonds. The molecule has 22 heavy (non-hydrogen) atoms. The molecule has 0 unspecified atom stereocenters. The summed E-state index contributed by atoms with van der Waals surface area (Å²) in [7, 11) is -3.72. The largest absolute Gasteiger partial charge is 0.492 e. The van der Waals surface area contributed by atoms with Crippen molar-refractivity contribution in [1.82, 2.24) is 4.72 Å². The summed E-state index contributed by atoms with van der Waals surface area (Å²) in [5, 5.41) is 0.428. The third-order valence-electron chi connectivity index (χ3n) is 2.87. The van der Waals surface area contributed by atoms with Crippen LogP contribution in [0.3, 0.4) is 0 Å². The zero-order valence-corrected chi connectivity index (χ0v) is 14.2. The lowest BCUT2D eigenvalue weighted by Gasteiger charge is -2.10. The molecule has 0 aromatic heterocycles. The van der Waals surface area contributed by atoms with Crippen LogP contribution in [-0.4, -0.2) is 21.6 Å². The molecular weight excluding hydrogens is 345 g/mol. The van der Waals surface area contributed by atoms with Crippen molar-refractivity contribution in [2.45, 2.75) is 11.8 Å². The highest BCUT2D eigenvalue weighted by Gasteiger charge is 2.17. The van der Waals surface area contributed by atoms with Gasteiger partial charge in [-0.15, -0.1) is 0 Å². The van der Waals surface area contributed by atoms with Crippen LogP contribution in [0.4, 0.5) is 0 Å². The first-order valence-electron chi connectivity index (χ1n) is 6.53. The van der Waals surface area contributed by atoms with Gasteiger partial charge in [-0.05, 0) is 37.3 Å². The van der Waals surface area contributed by atoms with Crippen molar-refractivity contribution in [3.63, 3.8) is 0 Å². The summed E-state index contributed by atoms with van der Waals surface area (Å²) in [5.74, 6) is 0.686. The smallest absolute Gasteiger partial charge is 0.242 e. The zero-order valence-electron chi connectivity index (χ0n) is 11.8. The summed E-state index contributed by atoms with van der Waals surface area (Å²) in [6.45, 7) is 2.31. The number of hydrogen-bond donors (Lipinski definition) is 1. The standard InChI is InChI=1S/C15H15Cl2NO3S/c1-11-2-5-13(6-3-11)21-9-8-18-22(19,20)15-10-12(16)4-7-14(15)17/h2-7,10,18H,8-9H2,1H3. The Balaban J connectivity index is 1.93. The van der Waals surface area contributed by atoms with Gasteiger partial charge in [-0.25, -0.2) is 13.1 Å². The number of benzene rings is 2. The Hall–Kier alpha value is -1.27. The minimum absolute atomic E-state index is 0.0444. The van der Waals surface area contributed by atoms with Crippen LogP contribution < -0.4 is 9.46 Å². The quantitative estimate of drug-likeness (QED) is 0.800. The van der Waals surface area contributed by atoms with Gasteiger partial charge < -0.3 is 4.74 Å². The van der Waals surface area contributed by atoms with Gasteiger partial charge in [0.05, 0.1) is 5.02 Å². The second kappa shape index (κ2) is 7.33. The predicted octanol–water partition coefficient (Wildman–Crippen LogP) is 3.66. The van der Waals surface area contributed by atoms with Crippen LogP contribution in [0.2, 0.25) is 10.0 Å². The topological polar surface area (TPSA) is 55.4 Å². The Labute approximate surface area is 140 Å². The predicted molar refractivity (Wildman–Crippen MR) is 88.3 cm³/mol. The van der Waals surface area contributed by atoms with Gasteiger partial charge in [0.25, 0.3) is 0 Å². The Morgan fingerprint density at radius 3 is 2.45 bits per heavy atom.